The number of rotatable bonds is 4. The maximum Gasteiger partial charge on any atom is 0.343 e. The van der Waals surface area contributed by atoms with Crippen LogP contribution in [0.1, 0.15) is 17.3 Å². The van der Waals surface area contributed by atoms with Crippen molar-refractivity contribution in [2.24, 2.45) is 5.84 Å². The lowest BCUT2D eigenvalue weighted by molar-refractivity contribution is 0.0526. The van der Waals surface area contributed by atoms with Gasteiger partial charge >= 0.3 is 5.97 Å². The van der Waals surface area contributed by atoms with E-state index >= 15 is 0 Å². The van der Waals surface area contributed by atoms with Crippen LogP contribution in [0.2, 0.25) is 0 Å². The molecule has 19 heavy (non-hydrogen) atoms. The maximum absolute atomic E-state index is 11.7. The molecule has 6 heteroatoms. The number of nitrogens with zero attached hydrogens (tertiary/aromatic N) is 2. The molecule has 3 N–H and O–H groups in total. The van der Waals surface area contributed by atoms with Gasteiger partial charge in [-0.1, -0.05) is 30.3 Å². The first-order valence-corrected chi connectivity index (χ1v) is 5.82. The van der Waals surface area contributed by atoms with E-state index in [0.29, 0.717) is 5.82 Å². The van der Waals surface area contributed by atoms with E-state index in [0.717, 1.165) is 5.56 Å². The van der Waals surface area contributed by atoms with Gasteiger partial charge in [0.25, 0.3) is 0 Å². The van der Waals surface area contributed by atoms with E-state index in [1.54, 1.807) is 6.92 Å². The van der Waals surface area contributed by atoms with Gasteiger partial charge in [-0.2, -0.15) is 0 Å². The lowest BCUT2D eigenvalue weighted by Gasteiger charge is -2.08. The Morgan fingerprint density at radius 1 is 1.37 bits per heavy atom. The number of nitrogens with one attached hydrogen (secondary N) is 1. The van der Waals surface area contributed by atoms with Crippen molar-refractivity contribution in [3.8, 4) is 11.4 Å². The number of benzene rings is 1. The predicted octanol–water partition coefficient (Wildman–Crippen LogP) is 1.61. The maximum atomic E-state index is 11.7. The lowest BCUT2D eigenvalue weighted by atomic mass is 10.2. The quantitative estimate of drug-likeness (QED) is 0.492. The normalized spacial score (nSPS) is 10.0. The van der Waals surface area contributed by atoms with Gasteiger partial charge in [-0.3, -0.25) is 0 Å². The van der Waals surface area contributed by atoms with E-state index in [-0.39, 0.29) is 18.0 Å². The zero-order valence-electron chi connectivity index (χ0n) is 10.5. The molecule has 0 radical (unpaired) electrons. The van der Waals surface area contributed by atoms with Crippen molar-refractivity contribution in [1.29, 1.82) is 0 Å². The van der Waals surface area contributed by atoms with E-state index < -0.39 is 5.97 Å². The zero-order chi connectivity index (χ0) is 13.7. The van der Waals surface area contributed by atoms with Gasteiger partial charge in [0.05, 0.1) is 6.61 Å². The summed E-state index contributed by atoms with van der Waals surface area (Å²) >= 11 is 0. The van der Waals surface area contributed by atoms with E-state index in [1.807, 2.05) is 30.3 Å². The van der Waals surface area contributed by atoms with E-state index in [2.05, 4.69) is 15.4 Å². The van der Waals surface area contributed by atoms with E-state index in [4.69, 9.17) is 10.6 Å². The summed E-state index contributed by atoms with van der Waals surface area (Å²) in [6, 6.07) is 9.42. The van der Waals surface area contributed by atoms with Crippen molar-refractivity contribution < 1.29 is 9.53 Å². The third-order valence-electron chi connectivity index (χ3n) is 2.45. The molecule has 0 amide bonds. The molecule has 0 aliphatic rings. The highest BCUT2D eigenvalue weighted by molar-refractivity contribution is 5.94. The van der Waals surface area contributed by atoms with Crippen LogP contribution in [0.15, 0.2) is 36.5 Å². The Morgan fingerprint density at radius 2 is 2.11 bits per heavy atom. The van der Waals surface area contributed by atoms with Crippen molar-refractivity contribution in [3.05, 3.63) is 42.1 Å². The number of hydrazine groups is 1. The van der Waals surface area contributed by atoms with Gasteiger partial charge in [0.1, 0.15) is 5.56 Å². The molecule has 0 saturated carbocycles. The summed E-state index contributed by atoms with van der Waals surface area (Å²) < 4.78 is 4.90. The van der Waals surface area contributed by atoms with Crippen LogP contribution < -0.4 is 11.3 Å². The van der Waals surface area contributed by atoms with Gasteiger partial charge in [0.15, 0.2) is 11.6 Å². The number of hydrogen-bond donors (Lipinski definition) is 2. The van der Waals surface area contributed by atoms with Gasteiger partial charge in [-0.15, -0.1) is 0 Å². The zero-order valence-corrected chi connectivity index (χ0v) is 10.5. The highest BCUT2D eigenvalue weighted by Crippen LogP contribution is 2.19. The number of hydrogen-bond acceptors (Lipinski definition) is 6. The summed E-state index contributed by atoms with van der Waals surface area (Å²) in [4.78, 5) is 20.0. The summed E-state index contributed by atoms with van der Waals surface area (Å²) in [6.45, 7) is 2.01. The van der Waals surface area contributed by atoms with Gasteiger partial charge in [-0.25, -0.2) is 20.6 Å². The highest BCUT2D eigenvalue weighted by Gasteiger charge is 2.15. The lowest BCUT2D eigenvalue weighted by Crippen LogP contribution is -2.16. The number of aromatic nitrogens is 2. The number of esters is 1. The molecule has 6 nitrogen and oxygen atoms in total. The third kappa shape index (κ3) is 2.86. The fourth-order valence-corrected chi connectivity index (χ4v) is 1.58. The largest absolute Gasteiger partial charge is 0.462 e. The second kappa shape index (κ2) is 5.92. The number of nitrogens with two attached hydrogens (primary N) is 1. The second-order valence-electron chi connectivity index (χ2n) is 3.69. The molecule has 0 spiro atoms. The number of ether oxygens (including phenoxy) is 1. The standard InChI is InChI=1S/C13H14N4O2/c1-2-19-13(18)10-8-15-11(16-12(10)17-14)9-6-4-3-5-7-9/h3-8H,2,14H2,1H3,(H,15,16,17). The van der Waals surface area contributed by atoms with Crippen LogP contribution in [-0.2, 0) is 4.74 Å². The molecule has 0 aliphatic carbocycles. The summed E-state index contributed by atoms with van der Waals surface area (Å²) in [6.07, 6.45) is 1.41. The van der Waals surface area contributed by atoms with E-state index in [1.165, 1.54) is 6.20 Å². The summed E-state index contributed by atoms with van der Waals surface area (Å²) in [5, 5.41) is 0. The Bertz CT molecular complexity index is 572. The van der Waals surface area contributed by atoms with Gasteiger partial charge in [-0.05, 0) is 6.92 Å². The molecule has 0 saturated heterocycles. The van der Waals surface area contributed by atoms with Crippen molar-refractivity contribution in [1.82, 2.24) is 9.97 Å². The average molecular weight is 258 g/mol. The van der Waals surface area contributed by atoms with Crippen LogP contribution >= 0.6 is 0 Å². The molecule has 2 rings (SSSR count). The fraction of sp³-hybridized carbons (Fsp3) is 0.154. The molecule has 98 valence electrons. The SMILES string of the molecule is CCOC(=O)c1cnc(-c2ccccc2)nc1NN. The molecule has 0 fully saturated rings. The van der Waals surface area contributed by atoms with Crippen LogP contribution in [0.3, 0.4) is 0 Å². The molecule has 0 bridgehead atoms. The molecule has 1 aromatic heterocycles. The number of nitrogen functional groups attached to an aromatic ring is 1. The predicted molar refractivity (Wildman–Crippen MR) is 71.2 cm³/mol. The Morgan fingerprint density at radius 3 is 2.74 bits per heavy atom. The molecule has 1 heterocycles. The van der Waals surface area contributed by atoms with Gasteiger partial charge in [0.2, 0.25) is 0 Å². The van der Waals surface area contributed by atoms with Crippen LogP contribution in [0, 0.1) is 0 Å². The number of carbonyl (C=O) groups is 1. The Hall–Kier alpha value is -2.47. The Balaban J connectivity index is 2.39. The summed E-state index contributed by atoms with van der Waals surface area (Å²) in [5.41, 5.74) is 3.45. The smallest absolute Gasteiger partial charge is 0.343 e. The van der Waals surface area contributed by atoms with Crippen molar-refractivity contribution >= 4 is 11.8 Å². The van der Waals surface area contributed by atoms with Crippen molar-refractivity contribution in [2.75, 3.05) is 12.0 Å². The van der Waals surface area contributed by atoms with Gasteiger partial charge in [0, 0.05) is 11.8 Å². The Kier molecular flexibility index (Phi) is 4.04. The Labute approximate surface area is 110 Å². The molecular formula is C13H14N4O2. The minimum Gasteiger partial charge on any atom is -0.462 e. The minimum absolute atomic E-state index is 0.212. The highest BCUT2D eigenvalue weighted by atomic mass is 16.5. The molecular weight excluding hydrogens is 244 g/mol. The molecule has 2 aromatic rings. The fourth-order valence-electron chi connectivity index (χ4n) is 1.58. The first-order chi connectivity index (χ1) is 9.26. The first kappa shape index (κ1) is 13.0. The molecule has 0 atom stereocenters. The van der Waals surface area contributed by atoms with Crippen LogP contribution in [-0.4, -0.2) is 22.5 Å². The van der Waals surface area contributed by atoms with Crippen molar-refractivity contribution in [2.45, 2.75) is 6.92 Å². The second-order valence-corrected chi connectivity index (χ2v) is 3.69. The first-order valence-electron chi connectivity index (χ1n) is 5.82. The average Bonchev–Trinajstić information content (AvgIpc) is 2.47. The minimum atomic E-state index is -0.505. The van der Waals surface area contributed by atoms with Crippen LogP contribution in [0.4, 0.5) is 5.82 Å². The molecule has 0 unspecified atom stereocenters. The summed E-state index contributed by atoms with van der Waals surface area (Å²) in [5.74, 6) is 5.61. The van der Waals surface area contributed by atoms with Crippen LogP contribution in [0.5, 0.6) is 0 Å². The monoisotopic (exact) mass is 258 g/mol. The summed E-state index contributed by atoms with van der Waals surface area (Å²) in [7, 11) is 0. The topological polar surface area (TPSA) is 90.1 Å². The number of anilines is 1. The molecule has 1 aromatic carbocycles. The van der Waals surface area contributed by atoms with Crippen LogP contribution in [0.25, 0.3) is 11.4 Å². The van der Waals surface area contributed by atoms with Gasteiger partial charge < -0.3 is 10.2 Å². The third-order valence-corrected chi connectivity index (χ3v) is 2.45. The van der Waals surface area contributed by atoms with E-state index in [9.17, 15) is 4.79 Å². The molecule has 0 aliphatic heterocycles. The van der Waals surface area contributed by atoms with Crippen molar-refractivity contribution in [3.63, 3.8) is 0 Å². The number of carbonyl (C=O) groups excluding carboxylic acids is 1.